The summed E-state index contributed by atoms with van der Waals surface area (Å²) in [5.74, 6) is 1.91. The number of amides is 1. The maximum absolute atomic E-state index is 12.7. The fourth-order valence-electron chi connectivity index (χ4n) is 4.34. The highest BCUT2D eigenvalue weighted by molar-refractivity contribution is 5.77. The minimum absolute atomic E-state index is 0.0224. The van der Waals surface area contributed by atoms with Crippen LogP contribution >= 0.6 is 0 Å². The van der Waals surface area contributed by atoms with E-state index in [1.165, 1.54) is 0 Å². The molecule has 0 radical (unpaired) electrons. The van der Waals surface area contributed by atoms with Crippen LogP contribution in [-0.4, -0.2) is 47.3 Å². The van der Waals surface area contributed by atoms with E-state index in [-0.39, 0.29) is 17.2 Å². The lowest BCUT2D eigenvalue weighted by atomic mass is 9.72. The second-order valence-corrected chi connectivity index (χ2v) is 8.22. The van der Waals surface area contributed by atoms with Crippen LogP contribution in [0.4, 0.5) is 0 Å². The van der Waals surface area contributed by atoms with E-state index in [2.05, 4.69) is 19.0 Å². The van der Waals surface area contributed by atoms with Gasteiger partial charge in [0.2, 0.25) is 17.6 Å². The summed E-state index contributed by atoms with van der Waals surface area (Å²) in [6, 6.07) is 9.86. The first-order valence-corrected chi connectivity index (χ1v) is 9.82. The van der Waals surface area contributed by atoms with E-state index in [1.54, 1.807) is 0 Å². The molecule has 2 saturated heterocycles. The van der Waals surface area contributed by atoms with Gasteiger partial charge in [-0.3, -0.25) is 4.79 Å². The molecule has 6 nitrogen and oxygen atoms in total. The van der Waals surface area contributed by atoms with Gasteiger partial charge in [0.15, 0.2) is 0 Å². The van der Waals surface area contributed by atoms with Crippen LogP contribution in [0.15, 0.2) is 34.9 Å². The van der Waals surface area contributed by atoms with Gasteiger partial charge in [-0.25, -0.2) is 0 Å². The molecular formula is C21H27N3O3. The number of benzene rings is 1. The number of rotatable bonds is 4. The smallest absolute Gasteiger partial charge is 0.232 e. The van der Waals surface area contributed by atoms with Crippen LogP contribution in [0.3, 0.4) is 0 Å². The molecule has 0 bridgehead atoms. The lowest BCUT2D eigenvalue weighted by molar-refractivity contribution is -0.131. The Morgan fingerprint density at radius 1 is 1.26 bits per heavy atom. The number of carbonyl (C=O) groups is 1. The molecule has 144 valence electrons. The Morgan fingerprint density at radius 3 is 2.70 bits per heavy atom. The van der Waals surface area contributed by atoms with Crippen LogP contribution in [0.5, 0.6) is 0 Å². The predicted octanol–water partition coefficient (Wildman–Crippen LogP) is 3.51. The van der Waals surface area contributed by atoms with E-state index in [9.17, 15) is 4.79 Å². The Kier molecular flexibility index (Phi) is 5.00. The lowest BCUT2D eigenvalue weighted by Gasteiger charge is -2.36. The first kappa shape index (κ1) is 18.2. The number of hydrogen-bond acceptors (Lipinski definition) is 5. The number of ether oxygens (including phenoxy) is 1. The molecule has 1 amide bonds. The van der Waals surface area contributed by atoms with E-state index in [0.29, 0.717) is 30.6 Å². The fourth-order valence-corrected chi connectivity index (χ4v) is 4.34. The van der Waals surface area contributed by atoms with Crippen molar-refractivity contribution >= 4 is 5.91 Å². The largest absolute Gasteiger partial charge is 0.381 e. The zero-order valence-corrected chi connectivity index (χ0v) is 16.1. The van der Waals surface area contributed by atoms with Crippen LogP contribution in [0.2, 0.25) is 0 Å². The Labute approximate surface area is 159 Å². The molecule has 4 rings (SSSR count). The molecular weight excluding hydrogens is 342 g/mol. The molecule has 2 aliphatic heterocycles. The van der Waals surface area contributed by atoms with Gasteiger partial charge in [-0.2, -0.15) is 4.98 Å². The Morgan fingerprint density at radius 2 is 2.00 bits per heavy atom. The van der Waals surface area contributed by atoms with Crippen LogP contribution < -0.4 is 0 Å². The molecule has 0 unspecified atom stereocenters. The summed E-state index contributed by atoms with van der Waals surface area (Å²) in [5.41, 5.74) is 0.921. The van der Waals surface area contributed by atoms with Gasteiger partial charge >= 0.3 is 0 Å². The van der Waals surface area contributed by atoms with Crippen molar-refractivity contribution < 1.29 is 14.1 Å². The molecule has 0 N–H and O–H groups in total. The van der Waals surface area contributed by atoms with Crippen LogP contribution in [0.1, 0.15) is 44.9 Å². The number of nitrogens with zero attached hydrogens (tertiary/aromatic N) is 3. The molecule has 0 saturated carbocycles. The molecule has 3 heterocycles. The summed E-state index contributed by atoms with van der Waals surface area (Å²) in [4.78, 5) is 19.4. The summed E-state index contributed by atoms with van der Waals surface area (Å²) in [6.45, 7) is 7.03. The van der Waals surface area contributed by atoms with Crippen molar-refractivity contribution in [3.63, 3.8) is 0 Å². The summed E-state index contributed by atoms with van der Waals surface area (Å²) >= 11 is 0. The Hall–Kier alpha value is -2.21. The monoisotopic (exact) mass is 369 g/mol. The molecule has 2 aliphatic rings. The molecule has 6 heteroatoms. The maximum Gasteiger partial charge on any atom is 0.232 e. The Balaban J connectivity index is 1.61. The van der Waals surface area contributed by atoms with E-state index < -0.39 is 0 Å². The minimum atomic E-state index is -0.0224. The lowest BCUT2D eigenvalue weighted by Crippen LogP contribution is -2.37. The number of likely N-dealkylation sites (tertiary alicyclic amines) is 1. The third-order valence-electron chi connectivity index (χ3n) is 5.84. The van der Waals surface area contributed by atoms with Gasteiger partial charge in [0, 0.05) is 43.7 Å². The molecule has 2 fully saturated rings. The van der Waals surface area contributed by atoms with Gasteiger partial charge in [-0.1, -0.05) is 49.3 Å². The van der Waals surface area contributed by atoms with Crippen LogP contribution in [0.25, 0.3) is 11.4 Å². The molecule has 1 aromatic carbocycles. The third kappa shape index (κ3) is 3.63. The zero-order valence-electron chi connectivity index (χ0n) is 16.1. The fraction of sp³-hybridized carbons (Fsp3) is 0.571. The maximum atomic E-state index is 12.7. The zero-order chi connectivity index (χ0) is 18.9. The number of carbonyl (C=O) groups excluding carboxylic acids is 1. The first-order chi connectivity index (χ1) is 13.1. The van der Waals surface area contributed by atoms with E-state index in [4.69, 9.17) is 14.2 Å². The normalized spacial score (nSPS) is 21.9. The molecule has 1 aromatic heterocycles. The standard InChI is InChI=1S/C21H27N3O3/c1-15(2)12-18(25)24-13-17(21(14-24)8-10-26-11-9-21)20-22-19(23-27-20)16-6-4-3-5-7-16/h3-7,15,17H,8-14H2,1-2H3/t17-/m0/s1. The van der Waals surface area contributed by atoms with Crippen molar-refractivity contribution in [3.8, 4) is 11.4 Å². The summed E-state index contributed by atoms with van der Waals surface area (Å²) < 4.78 is 11.3. The van der Waals surface area contributed by atoms with Gasteiger partial charge < -0.3 is 14.2 Å². The highest BCUT2D eigenvalue weighted by Crippen LogP contribution is 2.49. The molecule has 2 aromatic rings. The number of hydrogen-bond donors (Lipinski definition) is 0. The quantitative estimate of drug-likeness (QED) is 0.825. The Bertz CT molecular complexity index is 781. The van der Waals surface area contributed by atoms with Crippen LogP contribution in [-0.2, 0) is 9.53 Å². The van der Waals surface area contributed by atoms with E-state index in [1.807, 2.05) is 35.2 Å². The topological polar surface area (TPSA) is 68.5 Å². The van der Waals surface area contributed by atoms with Crippen molar-refractivity contribution in [3.05, 3.63) is 36.2 Å². The van der Waals surface area contributed by atoms with Crippen molar-refractivity contribution in [2.75, 3.05) is 26.3 Å². The molecule has 0 aliphatic carbocycles. The van der Waals surface area contributed by atoms with Gasteiger partial charge in [0.25, 0.3) is 0 Å². The van der Waals surface area contributed by atoms with Gasteiger partial charge in [0.05, 0.1) is 5.92 Å². The molecule has 1 spiro atoms. The summed E-state index contributed by atoms with van der Waals surface area (Å²) in [6.07, 6.45) is 2.43. The number of aromatic nitrogens is 2. The van der Waals surface area contributed by atoms with Crippen molar-refractivity contribution in [2.45, 2.75) is 39.0 Å². The van der Waals surface area contributed by atoms with Crippen molar-refractivity contribution in [1.82, 2.24) is 15.0 Å². The second kappa shape index (κ2) is 7.43. The van der Waals surface area contributed by atoms with Gasteiger partial charge in [-0.05, 0) is 18.8 Å². The summed E-state index contributed by atoms with van der Waals surface area (Å²) in [7, 11) is 0. The predicted molar refractivity (Wildman–Crippen MR) is 101 cm³/mol. The SMILES string of the molecule is CC(C)CC(=O)N1C[C@@H](c2nc(-c3ccccc3)no2)C2(CCOCC2)C1. The third-order valence-corrected chi connectivity index (χ3v) is 5.84. The van der Waals surface area contributed by atoms with Gasteiger partial charge in [0.1, 0.15) is 0 Å². The van der Waals surface area contributed by atoms with E-state index in [0.717, 1.165) is 38.2 Å². The molecule has 27 heavy (non-hydrogen) atoms. The minimum Gasteiger partial charge on any atom is -0.381 e. The van der Waals surface area contributed by atoms with Crippen LogP contribution in [0, 0.1) is 11.3 Å². The highest BCUT2D eigenvalue weighted by atomic mass is 16.5. The first-order valence-electron chi connectivity index (χ1n) is 9.82. The average Bonchev–Trinajstić information content (AvgIpc) is 3.28. The van der Waals surface area contributed by atoms with Gasteiger partial charge in [-0.15, -0.1) is 0 Å². The van der Waals surface area contributed by atoms with Crippen molar-refractivity contribution in [1.29, 1.82) is 0 Å². The average molecular weight is 369 g/mol. The highest BCUT2D eigenvalue weighted by Gasteiger charge is 2.51. The molecule has 1 atom stereocenters. The summed E-state index contributed by atoms with van der Waals surface area (Å²) in [5, 5.41) is 4.21. The second-order valence-electron chi connectivity index (χ2n) is 8.22. The van der Waals surface area contributed by atoms with Crippen molar-refractivity contribution in [2.24, 2.45) is 11.3 Å². The van der Waals surface area contributed by atoms with E-state index >= 15 is 0 Å².